The summed E-state index contributed by atoms with van der Waals surface area (Å²) in [4.78, 5) is 24.0. The number of ether oxygens (including phenoxy) is 2. The Kier molecular flexibility index (Phi) is 5.19. The highest BCUT2D eigenvalue weighted by Gasteiger charge is 2.32. The molecule has 1 aliphatic rings. The molecule has 1 aromatic carbocycles. The molecule has 0 radical (unpaired) electrons. The zero-order chi connectivity index (χ0) is 16.1. The van der Waals surface area contributed by atoms with E-state index in [0.29, 0.717) is 12.3 Å². The smallest absolute Gasteiger partial charge is 0.414 e. The highest BCUT2D eigenvalue weighted by Crippen LogP contribution is 2.27. The van der Waals surface area contributed by atoms with E-state index in [-0.39, 0.29) is 24.7 Å². The van der Waals surface area contributed by atoms with Gasteiger partial charge in [-0.2, -0.15) is 0 Å². The molecule has 1 atom stereocenters. The molecule has 0 aromatic heterocycles. The van der Waals surface area contributed by atoms with Gasteiger partial charge in [-0.05, 0) is 18.6 Å². The van der Waals surface area contributed by atoms with Gasteiger partial charge in [0.25, 0.3) is 0 Å². The average Bonchev–Trinajstić information content (AvgIpc) is 2.85. The molecule has 7 heteroatoms. The number of amides is 2. The van der Waals surface area contributed by atoms with E-state index in [1.807, 2.05) is 6.92 Å². The van der Waals surface area contributed by atoms with E-state index in [9.17, 15) is 14.0 Å². The van der Waals surface area contributed by atoms with Gasteiger partial charge in [-0.25, -0.2) is 9.18 Å². The van der Waals surface area contributed by atoms with Crippen LogP contribution in [0, 0.1) is 5.82 Å². The maximum absolute atomic E-state index is 13.9. The molecule has 0 unspecified atom stereocenters. The highest BCUT2D eigenvalue weighted by molar-refractivity contribution is 5.89. The van der Waals surface area contributed by atoms with E-state index >= 15 is 0 Å². The van der Waals surface area contributed by atoms with Gasteiger partial charge in [0.05, 0.1) is 25.4 Å². The van der Waals surface area contributed by atoms with E-state index < -0.39 is 18.0 Å². The maximum Gasteiger partial charge on any atom is 0.414 e. The van der Waals surface area contributed by atoms with Crippen molar-refractivity contribution in [3.05, 3.63) is 24.0 Å². The van der Waals surface area contributed by atoms with Gasteiger partial charge in [-0.3, -0.25) is 9.69 Å². The Morgan fingerprint density at radius 3 is 2.95 bits per heavy atom. The number of hydrogen-bond donors (Lipinski definition) is 1. The van der Waals surface area contributed by atoms with Crippen LogP contribution in [0.1, 0.15) is 20.3 Å². The van der Waals surface area contributed by atoms with Crippen LogP contribution in [0.3, 0.4) is 0 Å². The molecule has 1 aliphatic heterocycles. The zero-order valence-corrected chi connectivity index (χ0v) is 12.6. The Labute approximate surface area is 128 Å². The minimum absolute atomic E-state index is 0.160. The fraction of sp³-hybridized carbons (Fsp3) is 0.467. The molecule has 0 saturated carbocycles. The summed E-state index contributed by atoms with van der Waals surface area (Å²) in [7, 11) is 0. The SMILES string of the molecule is CCCOc1ccc(N2C[C@H](CNC(C)=O)OC2=O)cc1F. The summed E-state index contributed by atoms with van der Waals surface area (Å²) in [5.74, 6) is -0.560. The number of hydrogen-bond acceptors (Lipinski definition) is 4. The molecule has 0 spiro atoms. The Morgan fingerprint density at radius 2 is 2.32 bits per heavy atom. The van der Waals surface area contributed by atoms with E-state index in [1.165, 1.54) is 24.0 Å². The second-order valence-electron chi connectivity index (χ2n) is 5.02. The molecule has 22 heavy (non-hydrogen) atoms. The van der Waals surface area contributed by atoms with Gasteiger partial charge in [0.1, 0.15) is 6.10 Å². The van der Waals surface area contributed by atoms with Gasteiger partial charge < -0.3 is 14.8 Å². The van der Waals surface area contributed by atoms with Crippen LogP contribution in [0.2, 0.25) is 0 Å². The van der Waals surface area contributed by atoms with Crippen LogP contribution in [-0.4, -0.2) is 37.8 Å². The van der Waals surface area contributed by atoms with Crippen LogP contribution < -0.4 is 15.0 Å². The first-order chi connectivity index (χ1) is 10.5. The molecule has 0 bridgehead atoms. The van der Waals surface area contributed by atoms with Crippen molar-refractivity contribution in [2.75, 3.05) is 24.6 Å². The van der Waals surface area contributed by atoms with Gasteiger partial charge in [-0.1, -0.05) is 6.92 Å². The first-order valence-corrected chi connectivity index (χ1v) is 7.16. The molecule has 1 N–H and O–H groups in total. The van der Waals surface area contributed by atoms with E-state index in [2.05, 4.69) is 5.32 Å². The van der Waals surface area contributed by atoms with Gasteiger partial charge in [0.15, 0.2) is 11.6 Å². The Bertz CT molecular complexity index is 564. The summed E-state index contributed by atoms with van der Waals surface area (Å²) >= 11 is 0. The number of carbonyl (C=O) groups is 2. The third-order valence-electron chi connectivity index (χ3n) is 3.14. The Morgan fingerprint density at radius 1 is 1.55 bits per heavy atom. The predicted molar refractivity (Wildman–Crippen MR) is 78.5 cm³/mol. The molecule has 0 aliphatic carbocycles. The van der Waals surface area contributed by atoms with Crippen LogP contribution >= 0.6 is 0 Å². The van der Waals surface area contributed by atoms with Crippen LogP contribution in [0.25, 0.3) is 0 Å². The van der Waals surface area contributed by atoms with Crippen LogP contribution in [-0.2, 0) is 9.53 Å². The zero-order valence-electron chi connectivity index (χ0n) is 12.6. The van der Waals surface area contributed by atoms with Gasteiger partial charge in [0.2, 0.25) is 5.91 Å². The fourth-order valence-electron chi connectivity index (χ4n) is 2.08. The highest BCUT2D eigenvalue weighted by atomic mass is 19.1. The normalized spacial score (nSPS) is 17.3. The van der Waals surface area contributed by atoms with Crippen molar-refractivity contribution in [3.63, 3.8) is 0 Å². The average molecular weight is 310 g/mol. The minimum atomic E-state index is -0.558. The molecule has 1 saturated heterocycles. The molecule has 1 fully saturated rings. The monoisotopic (exact) mass is 310 g/mol. The number of anilines is 1. The van der Waals surface area contributed by atoms with Crippen molar-refractivity contribution in [2.45, 2.75) is 26.4 Å². The van der Waals surface area contributed by atoms with Crippen molar-refractivity contribution < 1.29 is 23.5 Å². The number of nitrogens with one attached hydrogen (secondary N) is 1. The predicted octanol–water partition coefficient (Wildman–Crippen LogP) is 2.08. The molecule has 1 aromatic rings. The number of carbonyl (C=O) groups excluding carboxylic acids is 2. The van der Waals surface area contributed by atoms with Gasteiger partial charge in [0, 0.05) is 13.0 Å². The summed E-state index contributed by atoms with van der Waals surface area (Å²) in [5.41, 5.74) is 0.400. The topological polar surface area (TPSA) is 67.9 Å². The number of benzene rings is 1. The summed E-state index contributed by atoms with van der Waals surface area (Å²) < 4.78 is 24.3. The first kappa shape index (κ1) is 16.1. The van der Waals surface area contributed by atoms with Crippen molar-refractivity contribution in [1.29, 1.82) is 0 Å². The fourth-order valence-corrected chi connectivity index (χ4v) is 2.08. The lowest BCUT2D eigenvalue weighted by atomic mass is 10.2. The Balaban J connectivity index is 2.03. The largest absolute Gasteiger partial charge is 0.491 e. The summed E-state index contributed by atoms with van der Waals surface area (Å²) in [6.45, 7) is 4.24. The number of cyclic esters (lactones) is 1. The summed E-state index contributed by atoms with van der Waals surface area (Å²) in [6, 6.07) is 4.35. The van der Waals surface area contributed by atoms with Crippen molar-refractivity contribution >= 4 is 17.7 Å². The second kappa shape index (κ2) is 7.11. The van der Waals surface area contributed by atoms with E-state index in [1.54, 1.807) is 6.07 Å². The molecule has 1 heterocycles. The standard InChI is InChI=1S/C15H19FN2O4/c1-3-6-21-14-5-4-11(7-13(14)16)18-9-12(22-15(18)20)8-17-10(2)19/h4-5,7,12H,3,6,8-9H2,1-2H3,(H,17,19)/t12-/m0/s1. The van der Waals surface area contributed by atoms with Gasteiger partial charge >= 0.3 is 6.09 Å². The van der Waals surface area contributed by atoms with Crippen LogP contribution in [0.15, 0.2) is 18.2 Å². The van der Waals surface area contributed by atoms with Crippen molar-refractivity contribution in [3.8, 4) is 5.75 Å². The summed E-state index contributed by atoms with van der Waals surface area (Å²) in [6.07, 6.45) is -0.225. The summed E-state index contributed by atoms with van der Waals surface area (Å²) in [5, 5.41) is 2.59. The van der Waals surface area contributed by atoms with Crippen molar-refractivity contribution in [1.82, 2.24) is 5.32 Å². The quantitative estimate of drug-likeness (QED) is 0.873. The van der Waals surface area contributed by atoms with E-state index in [0.717, 1.165) is 6.42 Å². The third kappa shape index (κ3) is 3.87. The minimum Gasteiger partial charge on any atom is -0.491 e. The lowest BCUT2D eigenvalue weighted by Crippen LogP contribution is -2.33. The Hall–Kier alpha value is -2.31. The first-order valence-electron chi connectivity index (χ1n) is 7.16. The third-order valence-corrected chi connectivity index (χ3v) is 3.14. The number of halogens is 1. The molecular weight excluding hydrogens is 291 g/mol. The van der Waals surface area contributed by atoms with Gasteiger partial charge in [-0.15, -0.1) is 0 Å². The maximum atomic E-state index is 13.9. The lowest BCUT2D eigenvalue weighted by molar-refractivity contribution is -0.119. The van der Waals surface area contributed by atoms with E-state index in [4.69, 9.17) is 9.47 Å². The van der Waals surface area contributed by atoms with Crippen LogP contribution in [0.5, 0.6) is 5.75 Å². The number of rotatable bonds is 6. The molecule has 6 nitrogen and oxygen atoms in total. The van der Waals surface area contributed by atoms with Crippen LogP contribution in [0.4, 0.5) is 14.9 Å². The number of nitrogens with zero attached hydrogens (tertiary/aromatic N) is 1. The second-order valence-corrected chi connectivity index (χ2v) is 5.02. The lowest BCUT2D eigenvalue weighted by Gasteiger charge is -2.14. The molecule has 2 rings (SSSR count). The molecule has 120 valence electrons. The molecular formula is C15H19FN2O4. The van der Waals surface area contributed by atoms with Crippen molar-refractivity contribution in [2.24, 2.45) is 0 Å². The molecule has 2 amide bonds.